The van der Waals surface area contributed by atoms with Gasteiger partial charge in [0, 0.05) is 4.47 Å². The number of hydrogen-bond acceptors (Lipinski definition) is 2. The highest BCUT2D eigenvalue weighted by Gasteiger charge is 1.96. The second-order valence-corrected chi connectivity index (χ2v) is 4.32. The third kappa shape index (κ3) is 3.00. The van der Waals surface area contributed by atoms with Crippen molar-refractivity contribution in [1.29, 1.82) is 0 Å². The van der Waals surface area contributed by atoms with Crippen LogP contribution in [0.2, 0.25) is 0 Å². The Balaban J connectivity index is 1.97. The average molecular weight is 279 g/mol. The fraction of sp³-hybridized carbons (Fsp3) is 0.0769. The largest absolute Gasteiger partial charge is 0.508 e. The average Bonchev–Trinajstić information content (AvgIpc) is 2.30. The molecule has 0 amide bonds. The van der Waals surface area contributed by atoms with Crippen molar-refractivity contribution in [2.24, 2.45) is 0 Å². The monoisotopic (exact) mass is 278 g/mol. The van der Waals surface area contributed by atoms with Gasteiger partial charge in [0.2, 0.25) is 0 Å². The fourth-order valence-corrected chi connectivity index (χ4v) is 1.55. The Hall–Kier alpha value is -1.48. The van der Waals surface area contributed by atoms with Gasteiger partial charge < -0.3 is 9.84 Å². The van der Waals surface area contributed by atoms with Crippen LogP contribution in [0.25, 0.3) is 0 Å². The quantitative estimate of drug-likeness (QED) is 0.927. The van der Waals surface area contributed by atoms with Gasteiger partial charge in [-0.1, -0.05) is 28.1 Å². The highest BCUT2D eigenvalue weighted by Crippen LogP contribution is 2.18. The summed E-state index contributed by atoms with van der Waals surface area (Å²) >= 11 is 3.38. The van der Waals surface area contributed by atoms with Crippen molar-refractivity contribution in [2.45, 2.75) is 6.61 Å². The lowest BCUT2D eigenvalue weighted by Crippen LogP contribution is -1.94. The molecule has 0 saturated carbocycles. The molecule has 0 atom stereocenters. The lowest BCUT2D eigenvalue weighted by atomic mass is 10.2. The van der Waals surface area contributed by atoms with Crippen LogP contribution in [0.4, 0.5) is 0 Å². The summed E-state index contributed by atoms with van der Waals surface area (Å²) in [6, 6.07) is 14.7. The molecule has 1 N–H and O–H groups in total. The molecule has 0 unspecified atom stereocenters. The molecule has 0 spiro atoms. The van der Waals surface area contributed by atoms with E-state index in [9.17, 15) is 0 Å². The summed E-state index contributed by atoms with van der Waals surface area (Å²) in [6.07, 6.45) is 0. The maximum Gasteiger partial charge on any atom is 0.120 e. The van der Waals surface area contributed by atoms with Crippen molar-refractivity contribution in [3.05, 3.63) is 58.6 Å². The molecule has 0 saturated heterocycles. The SMILES string of the molecule is Oc1ccc(OCc2ccc(Br)cc2)cc1. The molecule has 2 rings (SSSR count). The molecule has 3 heteroatoms. The number of hydrogen-bond donors (Lipinski definition) is 1. The molecule has 82 valence electrons. The summed E-state index contributed by atoms with van der Waals surface area (Å²) in [4.78, 5) is 0. The second-order valence-electron chi connectivity index (χ2n) is 3.41. The maximum absolute atomic E-state index is 9.11. The summed E-state index contributed by atoms with van der Waals surface area (Å²) in [7, 11) is 0. The minimum atomic E-state index is 0.246. The second kappa shape index (κ2) is 5.03. The van der Waals surface area contributed by atoms with Crippen LogP contribution >= 0.6 is 15.9 Å². The molecule has 2 aromatic rings. The molecular formula is C13H11BrO2. The van der Waals surface area contributed by atoms with E-state index in [2.05, 4.69) is 15.9 Å². The minimum Gasteiger partial charge on any atom is -0.508 e. The van der Waals surface area contributed by atoms with Crippen LogP contribution in [-0.4, -0.2) is 5.11 Å². The molecule has 0 aliphatic carbocycles. The number of rotatable bonds is 3. The molecule has 0 aromatic heterocycles. The van der Waals surface area contributed by atoms with E-state index in [0.717, 1.165) is 15.8 Å². The van der Waals surface area contributed by atoms with Gasteiger partial charge in [-0.2, -0.15) is 0 Å². The van der Waals surface area contributed by atoms with E-state index >= 15 is 0 Å². The zero-order chi connectivity index (χ0) is 11.4. The third-order valence-corrected chi connectivity index (χ3v) is 2.68. The van der Waals surface area contributed by atoms with E-state index in [4.69, 9.17) is 9.84 Å². The van der Waals surface area contributed by atoms with E-state index in [1.807, 2.05) is 24.3 Å². The molecule has 0 bridgehead atoms. The zero-order valence-electron chi connectivity index (χ0n) is 8.56. The van der Waals surface area contributed by atoms with Crippen LogP contribution in [0.1, 0.15) is 5.56 Å². The van der Waals surface area contributed by atoms with Crippen molar-refractivity contribution in [2.75, 3.05) is 0 Å². The van der Waals surface area contributed by atoms with Gasteiger partial charge in [0.05, 0.1) is 0 Å². The first-order valence-corrected chi connectivity index (χ1v) is 5.69. The molecule has 0 radical (unpaired) electrons. The van der Waals surface area contributed by atoms with Gasteiger partial charge in [-0.3, -0.25) is 0 Å². The predicted molar refractivity (Wildman–Crippen MR) is 66.6 cm³/mol. The number of aromatic hydroxyl groups is 1. The van der Waals surface area contributed by atoms with Gasteiger partial charge in [0.1, 0.15) is 18.1 Å². The van der Waals surface area contributed by atoms with Crippen molar-refractivity contribution in [3.63, 3.8) is 0 Å². The van der Waals surface area contributed by atoms with E-state index in [1.165, 1.54) is 0 Å². The molecule has 2 nitrogen and oxygen atoms in total. The Morgan fingerprint density at radius 1 is 0.938 bits per heavy atom. The van der Waals surface area contributed by atoms with Crippen molar-refractivity contribution >= 4 is 15.9 Å². The molecule has 0 fully saturated rings. The Morgan fingerprint density at radius 3 is 2.19 bits per heavy atom. The van der Waals surface area contributed by atoms with E-state index < -0.39 is 0 Å². The number of benzene rings is 2. The Morgan fingerprint density at radius 2 is 1.56 bits per heavy atom. The van der Waals surface area contributed by atoms with Crippen molar-refractivity contribution in [1.82, 2.24) is 0 Å². The molecule has 16 heavy (non-hydrogen) atoms. The third-order valence-electron chi connectivity index (χ3n) is 2.16. The summed E-state index contributed by atoms with van der Waals surface area (Å²) in [6.45, 7) is 0.526. The van der Waals surface area contributed by atoms with Crippen molar-refractivity contribution in [3.8, 4) is 11.5 Å². The van der Waals surface area contributed by atoms with Crippen LogP contribution in [0.15, 0.2) is 53.0 Å². The molecule has 2 aromatic carbocycles. The summed E-state index contributed by atoms with van der Waals surface area (Å²) in [5.41, 5.74) is 1.11. The highest BCUT2D eigenvalue weighted by molar-refractivity contribution is 9.10. The number of phenolic OH excluding ortho intramolecular Hbond substituents is 1. The van der Waals surface area contributed by atoms with Crippen LogP contribution in [0.5, 0.6) is 11.5 Å². The minimum absolute atomic E-state index is 0.246. The topological polar surface area (TPSA) is 29.5 Å². The lowest BCUT2D eigenvalue weighted by molar-refractivity contribution is 0.305. The normalized spacial score (nSPS) is 10.1. The molecule has 0 heterocycles. The van der Waals surface area contributed by atoms with Crippen LogP contribution in [0, 0.1) is 0 Å². The van der Waals surface area contributed by atoms with Gasteiger partial charge in [-0.05, 0) is 42.0 Å². The maximum atomic E-state index is 9.11. The van der Waals surface area contributed by atoms with E-state index in [-0.39, 0.29) is 5.75 Å². The Bertz CT molecular complexity index is 403. The van der Waals surface area contributed by atoms with Crippen LogP contribution < -0.4 is 4.74 Å². The Labute approximate surface area is 103 Å². The fourth-order valence-electron chi connectivity index (χ4n) is 1.29. The smallest absolute Gasteiger partial charge is 0.120 e. The first-order valence-electron chi connectivity index (χ1n) is 4.90. The van der Waals surface area contributed by atoms with Gasteiger partial charge in [0.15, 0.2) is 0 Å². The summed E-state index contributed by atoms with van der Waals surface area (Å²) < 4.78 is 6.62. The molecular weight excluding hydrogens is 268 g/mol. The van der Waals surface area contributed by atoms with Crippen LogP contribution in [-0.2, 0) is 6.61 Å². The van der Waals surface area contributed by atoms with Gasteiger partial charge in [0.25, 0.3) is 0 Å². The van der Waals surface area contributed by atoms with Gasteiger partial charge in [-0.25, -0.2) is 0 Å². The van der Waals surface area contributed by atoms with Gasteiger partial charge >= 0.3 is 0 Å². The first-order chi connectivity index (χ1) is 7.74. The highest BCUT2D eigenvalue weighted by atomic mass is 79.9. The molecule has 0 aliphatic rings. The standard InChI is InChI=1S/C13H11BrO2/c14-11-3-1-10(2-4-11)9-16-13-7-5-12(15)6-8-13/h1-8,15H,9H2. The number of ether oxygens (including phenoxy) is 1. The Kier molecular flexibility index (Phi) is 3.47. The summed E-state index contributed by atoms with van der Waals surface area (Å²) in [5, 5.41) is 9.11. The first kappa shape index (κ1) is 11.0. The zero-order valence-corrected chi connectivity index (χ0v) is 10.1. The van der Waals surface area contributed by atoms with Crippen LogP contribution in [0.3, 0.4) is 0 Å². The summed E-state index contributed by atoms with van der Waals surface area (Å²) in [5.74, 6) is 0.997. The predicted octanol–water partition coefficient (Wildman–Crippen LogP) is 3.73. The number of halogens is 1. The number of phenols is 1. The lowest BCUT2D eigenvalue weighted by Gasteiger charge is -2.06. The molecule has 0 aliphatic heterocycles. The van der Waals surface area contributed by atoms with Gasteiger partial charge in [-0.15, -0.1) is 0 Å². The van der Waals surface area contributed by atoms with E-state index in [1.54, 1.807) is 24.3 Å². The van der Waals surface area contributed by atoms with Crippen molar-refractivity contribution < 1.29 is 9.84 Å². The van der Waals surface area contributed by atoms with E-state index in [0.29, 0.717) is 6.61 Å².